The summed E-state index contributed by atoms with van der Waals surface area (Å²) < 4.78 is 6.07. The summed E-state index contributed by atoms with van der Waals surface area (Å²) in [4.78, 5) is 20.7. The standard InChI is InChI=1S/C19H34N4O2.HI/c1-5-23(6-2)15(24)13-22(4)18(20-3)21-16-14-9-12-25-17(14)19(16)10-7-8-11-19;/h14,16-17H,5-13H2,1-4H3,(H,20,21);1H. The van der Waals surface area contributed by atoms with Gasteiger partial charge < -0.3 is 19.9 Å². The van der Waals surface area contributed by atoms with Crippen LogP contribution >= 0.6 is 24.0 Å². The molecular weight excluding hydrogens is 443 g/mol. The molecule has 1 amide bonds. The number of guanidine groups is 1. The molecule has 0 aromatic rings. The Kier molecular flexibility index (Phi) is 7.59. The van der Waals surface area contributed by atoms with E-state index in [0.717, 1.165) is 32.1 Å². The van der Waals surface area contributed by atoms with Crippen LogP contribution in [0.25, 0.3) is 0 Å². The SMILES string of the molecule is CCN(CC)C(=O)CN(C)C(=NC)NC1C2CCOC2C12CCCC2.I. The van der Waals surface area contributed by atoms with Gasteiger partial charge in [0.05, 0.1) is 12.6 Å². The highest BCUT2D eigenvalue weighted by molar-refractivity contribution is 14.0. The fourth-order valence-corrected chi connectivity index (χ4v) is 5.34. The van der Waals surface area contributed by atoms with Gasteiger partial charge in [0.15, 0.2) is 5.96 Å². The lowest BCUT2D eigenvalue weighted by Gasteiger charge is -2.57. The maximum absolute atomic E-state index is 12.4. The van der Waals surface area contributed by atoms with Crippen LogP contribution in [0.4, 0.5) is 0 Å². The molecule has 0 aromatic heterocycles. The highest BCUT2D eigenvalue weighted by atomic mass is 127. The smallest absolute Gasteiger partial charge is 0.242 e. The van der Waals surface area contributed by atoms with Crippen LogP contribution in [-0.4, -0.2) is 74.1 Å². The number of rotatable bonds is 5. The summed E-state index contributed by atoms with van der Waals surface area (Å²) >= 11 is 0. The van der Waals surface area contributed by atoms with Gasteiger partial charge in [-0.25, -0.2) is 0 Å². The van der Waals surface area contributed by atoms with Crippen LogP contribution in [-0.2, 0) is 9.53 Å². The summed E-state index contributed by atoms with van der Waals surface area (Å²) in [6.07, 6.45) is 6.70. The summed E-state index contributed by atoms with van der Waals surface area (Å²) in [5.41, 5.74) is 0.292. The van der Waals surface area contributed by atoms with Gasteiger partial charge in [-0.1, -0.05) is 12.8 Å². The summed E-state index contributed by atoms with van der Waals surface area (Å²) in [6, 6.07) is 0.437. The molecule has 2 saturated carbocycles. The van der Waals surface area contributed by atoms with Crippen molar-refractivity contribution in [1.29, 1.82) is 0 Å². The van der Waals surface area contributed by atoms with Crippen molar-refractivity contribution in [3.05, 3.63) is 0 Å². The van der Waals surface area contributed by atoms with Crippen molar-refractivity contribution in [2.75, 3.05) is 40.3 Å². The van der Waals surface area contributed by atoms with Gasteiger partial charge in [0.1, 0.15) is 0 Å². The van der Waals surface area contributed by atoms with Gasteiger partial charge >= 0.3 is 0 Å². The molecule has 3 fully saturated rings. The molecule has 1 saturated heterocycles. The number of carbonyl (C=O) groups is 1. The van der Waals surface area contributed by atoms with Crippen molar-refractivity contribution in [3.8, 4) is 0 Å². The van der Waals surface area contributed by atoms with Crippen molar-refractivity contribution < 1.29 is 9.53 Å². The third kappa shape index (κ3) is 3.70. The van der Waals surface area contributed by atoms with E-state index in [1.165, 1.54) is 25.7 Å². The lowest BCUT2D eigenvalue weighted by Crippen LogP contribution is -2.69. The van der Waals surface area contributed by atoms with Gasteiger partial charge in [0, 0.05) is 51.2 Å². The Bertz CT molecular complexity index is 518. The van der Waals surface area contributed by atoms with Crippen LogP contribution < -0.4 is 5.32 Å². The van der Waals surface area contributed by atoms with Crippen molar-refractivity contribution in [2.45, 2.75) is 58.1 Å². The molecule has 3 atom stereocenters. The summed E-state index contributed by atoms with van der Waals surface area (Å²) in [7, 11) is 3.77. The number of hydrogen-bond acceptors (Lipinski definition) is 3. The Balaban J connectivity index is 0.00000243. The lowest BCUT2D eigenvalue weighted by molar-refractivity contribution is -0.131. The minimum Gasteiger partial charge on any atom is -0.377 e. The van der Waals surface area contributed by atoms with E-state index in [4.69, 9.17) is 4.74 Å². The third-order valence-corrected chi connectivity index (χ3v) is 6.63. The number of nitrogens with one attached hydrogen (secondary N) is 1. The molecule has 1 N–H and O–H groups in total. The molecular formula is C19H35IN4O2. The van der Waals surface area contributed by atoms with Gasteiger partial charge in [-0.15, -0.1) is 24.0 Å². The predicted octanol–water partition coefficient (Wildman–Crippen LogP) is 2.33. The Hall–Kier alpha value is -0.570. The maximum atomic E-state index is 12.4. The topological polar surface area (TPSA) is 57.2 Å². The van der Waals surface area contributed by atoms with E-state index in [1.807, 2.05) is 37.7 Å². The Morgan fingerprint density at radius 2 is 1.92 bits per heavy atom. The zero-order chi connectivity index (χ0) is 18.0. The van der Waals surface area contributed by atoms with Crippen molar-refractivity contribution in [2.24, 2.45) is 16.3 Å². The number of hydrogen-bond donors (Lipinski definition) is 1. The fourth-order valence-electron chi connectivity index (χ4n) is 5.34. The molecule has 1 heterocycles. The second-order valence-electron chi connectivity index (χ2n) is 7.78. The number of fused-ring (bicyclic) bond motifs is 2. The number of aliphatic imine (C=N–C) groups is 1. The van der Waals surface area contributed by atoms with Crippen LogP contribution in [0.3, 0.4) is 0 Å². The minimum atomic E-state index is 0. The van der Waals surface area contributed by atoms with E-state index in [1.54, 1.807) is 0 Å². The zero-order valence-corrected chi connectivity index (χ0v) is 19.0. The zero-order valence-electron chi connectivity index (χ0n) is 16.7. The maximum Gasteiger partial charge on any atom is 0.242 e. The molecule has 0 aromatic carbocycles. The molecule has 3 unspecified atom stereocenters. The lowest BCUT2D eigenvalue weighted by atomic mass is 9.54. The minimum absolute atomic E-state index is 0. The molecule has 26 heavy (non-hydrogen) atoms. The highest BCUT2D eigenvalue weighted by Gasteiger charge is 2.65. The first kappa shape index (κ1) is 21.7. The first-order valence-corrected chi connectivity index (χ1v) is 9.91. The number of nitrogens with zero attached hydrogens (tertiary/aromatic N) is 3. The molecule has 150 valence electrons. The van der Waals surface area contributed by atoms with E-state index in [9.17, 15) is 4.79 Å². The van der Waals surface area contributed by atoms with Crippen LogP contribution in [0.2, 0.25) is 0 Å². The number of likely N-dealkylation sites (N-methyl/N-ethyl adjacent to an activating group) is 2. The number of ether oxygens (including phenoxy) is 1. The quantitative estimate of drug-likeness (QED) is 0.375. The van der Waals surface area contributed by atoms with Crippen LogP contribution in [0.5, 0.6) is 0 Å². The van der Waals surface area contributed by atoms with E-state index in [0.29, 0.717) is 30.0 Å². The number of carbonyl (C=O) groups excluding carboxylic acids is 1. The van der Waals surface area contributed by atoms with E-state index in [2.05, 4.69) is 10.3 Å². The van der Waals surface area contributed by atoms with Crippen molar-refractivity contribution >= 4 is 35.8 Å². The van der Waals surface area contributed by atoms with Gasteiger partial charge in [-0.2, -0.15) is 0 Å². The predicted molar refractivity (Wildman–Crippen MR) is 115 cm³/mol. The largest absolute Gasteiger partial charge is 0.377 e. The van der Waals surface area contributed by atoms with E-state index in [-0.39, 0.29) is 29.9 Å². The van der Waals surface area contributed by atoms with Gasteiger partial charge in [0.2, 0.25) is 5.91 Å². The molecule has 3 rings (SSSR count). The average molecular weight is 478 g/mol. The van der Waals surface area contributed by atoms with Crippen LogP contribution in [0.1, 0.15) is 46.0 Å². The normalized spacial score (nSPS) is 28.9. The fraction of sp³-hybridized carbons (Fsp3) is 0.895. The Morgan fingerprint density at radius 3 is 2.50 bits per heavy atom. The van der Waals surface area contributed by atoms with Crippen molar-refractivity contribution in [3.63, 3.8) is 0 Å². The Morgan fingerprint density at radius 1 is 1.27 bits per heavy atom. The van der Waals surface area contributed by atoms with E-state index >= 15 is 0 Å². The second-order valence-corrected chi connectivity index (χ2v) is 7.78. The monoisotopic (exact) mass is 478 g/mol. The van der Waals surface area contributed by atoms with Gasteiger partial charge in [-0.3, -0.25) is 9.79 Å². The molecule has 3 aliphatic rings. The van der Waals surface area contributed by atoms with Crippen LogP contribution in [0.15, 0.2) is 4.99 Å². The first-order chi connectivity index (χ1) is 12.1. The molecule has 0 bridgehead atoms. The number of amides is 1. The first-order valence-electron chi connectivity index (χ1n) is 9.91. The summed E-state index contributed by atoms with van der Waals surface area (Å²) in [5.74, 6) is 1.59. The summed E-state index contributed by atoms with van der Waals surface area (Å²) in [5, 5.41) is 3.71. The highest BCUT2D eigenvalue weighted by Crippen LogP contribution is 2.60. The van der Waals surface area contributed by atoms with Crippen molar-refractivity contribution in [1.82, 2.24) is 15.1 Å². The summed E-state index contributed by atoms with van der Waals surface area (Å²) in [6.45, 7) is 6.81. The second kappa shape index (κ2) is 9.08. The molecule has 6 nitrogen and oxygen atoms in total. The van der Waals surface area contributed by atoms with Crippen LogP contribution in [0, 0.1) is 11.3 Å². The molecule has 1 aliphatic heterocycles. The molecule has 2 aliphatic carbocycles. The van der Waals surface area contributed by atoms with Gasteiger partial charge in [0.25, 0.3) is 0 Å². The number of halogens is 1. The average Bonchev–Trinajstić information content (AvgIpc) is 3.25. The molecule has 1 spiro atoms. The molecule has 7 heteroatoms. The Labute approximate surface area is 175 Å². The third-order valence-electron chi connectivity index (χ3n) is 6.63. The molecule has 0 radical (unpaired) electrons. The van der Waals surface area contributed by atoms with Gasteiger partial charge in [-0.05, 0) is 33.1 Å². The van der Waals surface area contributed by atoms with E-state index < -0.39 is 0 Å².